The van der Waals surface area contributed by atoms with E-state index in [9.17, 15) is 8.78 Å². The first-order valence-electron chi connectivity index (χ1n) is 12.9. The average molecular weight is 572 g/mol. The first-order chi connectivity index (χ1) is 19.2. The fourth-order valence-electron chi connectivity index (χ4n) is 5.34. The molecule has 2 aliphatic rings. The number of anilines is 1. The number of likely N-dealkylation sites (N-methyl/N-ethyl adjacent to an activating group) is 1. The SMILES string of the molecule is [C-]#[N+]c1nc2c(-c3c(Cl)cc4c(N5CCNCC(F)(F)C5)nc(OC[C@@H]5CCCN5C)nc4c3F)cccc2o1. The first-order valence-corrected chi connectivity index (χ1v) is 13.3. The molecule has 2 fully saturated rings. The van der Waals surface area contributed by atoms with Crippen molar-refractivity contribution >= 4 is 45.4 Å². The predicted octanol–water partition coefficient (Wildman–Crippen LogP) is 5.30. The number of nitrogens with zero attached hydrogens (tertiary/aromatic N) is 6. The van der Waals surface area contributed by atoms with Crippen LogP contribution in [0.2, 0.25) is 5.02 Å². The van der Waals surface area contributed by atoms with E-state index in [-0.39, 0.29) is 70.6 Å². The van der Waals surface area contributed by atoms with E-state index in [0.29, 0.717) is 11.1 Å². The molecule has 0 spiro atoms. The summed E-state index contributed by atoms with van der Waals surface area (Å²) in [5.74, 6) is -3.70. The highest BCUT2D eigenvalue weighted by atomic mass is 35.5. The second-order valence-corrected chi connectivity index (χ2v) is 10.5. The predicted molar refractivity (Wildman–Crippen MR) is 145 cm³/mol. The Morgan fingerprint density at radius 2 is 2.10 bits per heavy atom. The minimum absolute atomic E-state index is 0.00131. The number of ether oxygens (including phenoxy) is 1. The van der Waals surface area contributed by atoms with Crippen molar-refractivity contribution < 1.29 is 22.3 Å². The molecule has 13 heteroatoms. The quantitative estimate of drug-likeness (QED) is 0.323. The molecule has 6 rings (SSSR count). The molecule has 2 aliphatic heterocycles. The largest absolute Gasteiger partial charge is 0.462 e. The number of nitrogens with one attached hydrogen (secondary N) is 1. The molecule has 208 valence electrons. The molecule has 40 heavy (non-hydrogen) atoms. The van der Waals surface area contributed by atoms with Gasteiger partial charge in [-0.2, -0.15) is 9.97 Å². The molecular weight excluding hydrogens is 547 g/mol. The number of oxazole rings is 1. The molecule has 0 bridgehead atoms. The van der Waals surface area contributed by atoms with Crippen molar-refractivity contribution in [2.24, 2.45) is 0 Å². The Morgan fingerprint density at radius 1 is 1.25 bits per heavy atom. The van der Waals surface area contributed by atoms with E-state index in [1.165, 1.54) is 11.0 Å². The van der Waals surface area contributed by atoms with Gasteiger partial charge in [0.15, 0.2) is 11.4 Å². The molecule has 0 amide bonds. The summed E-state index contributed by atoms with van der Waals surface area (Å²) >= 11 is 6.66. The zero-order valence-corrected chi connectivity index (χ0v) is 22.3. The molecule has 4 aromatic rings. The number of para-hydroxylation sites is 1. The highest BCUT2D eigenvalue weighted by Crippen LogP contribution is 2.42. The average Bonchev–Trinajstić information content (AvgIpc) is 3.50. The van der Waals surface area contributed by atoms with Crippen LogP contribution in [-0.2, 0) is 0 Å². The third kappa shape index (κ3) is 4.89. The molecule has 2 saturated heterocycles. The van der Waals surface area contributed by atoms with Gasteiger partial charge in [0.25, 0.3) is 5.92 Å². The number of hydrogen-bond donors (Lipinski definition) is 1. The smallest absolute Gasteiger partial charge is 0.450 e. The fraction of sp³-hybridized carbons (Fsp3) is 0.407. The van der Waals surface area contributed by atoms with Gasteiger partial charge in [-0.1, -0.05) is 29.2 Å². The molecule has 9 nitrogen and oxygen atoms in total. The summed E-state index contributed by atoms with van der Waals surface area (Å²) in [5.41, 5.74) is 0.749. The summed E-state index contributed by atoms with van der Waals surface area (Å²) in [6, 6.07) is 6.20. The van der Waals surface area contributed by atoms with Gasteiger partial charge in [0.2, 0.25) is 5.52 Å². The van der Waals surface area contributed by atoms with E-state index in [2.05, 4.69) is 30.0 Å². The van der Waals surface area contributed by atoms with Crippen LogP contribution >= 0.6 is 11.6 Å². The summed E-state index contributed by atoms with van der Waals surface area (Å²) in [5, 5.41) is 2.93. The van der Waals surface area contributed by atoms with Crippen LogP contribution in [0.15, 0.2) is 28.7 Å². The third-order valence-electron chi connectivity index (χ3n) is 7.36. The molecule has 2 aromatic heterocycles. The molecule has 0 radical (unpaired) electrons. The lowest BCUT2D eigenvalue weighted by Gasteiger charge is -2.26. The number of aromatic nitrogens is 3. The Labute approximate surface area is 232 Å². The summed E-state index contributed by atoms with van der Waals surface area (Å²) < 4.78 is 57.0. The number of alkyl halides is 2. The Morgan fingerprint density at radius 3 is 2.88 bits per heavy atom. The third-order valence-corrected chi connectivity index (χ3v) is 7.65. The van der Waals surface area contributed by atoms with Gasteiger partial charge in [-0.25, -0.2) is 13.2 Å². The van der Waals surface area contributed by atoms with E-state index in [4.69, 9.17) is 27.3 Å². The monoisotopic (exact) mass is 571 g/mol. The van der Waals surface area contributed by atoms with Crippen molar-refractivity contribution in [2.75, 3.05) is 51.3 Å². The van der Waals surface area contributed by atoms with Crippen LogP contribution in [-0.4, -0.2) is 78.2 Å². The number of rotatable bonds is 5. The number of benzene rings is 2. The lowest BCUT2D eigenvalue weighted by atomic mass is 10.0. The molecule has 1 N–H and O–H groups in total. The van der Waals surface area contributed by atoms with Gasteiger partial charge in [-0.3, -0.25) is 0 Å². The highest BCUT2D eigenvalue weighted by molar-refractivity contribution is 6.34. The van der Waals surface area contributed by atoms with Gasteiger partial charge in [0, 0.05) is 35.6 Å². The van der Waals surface area contributed by atoms with Crippen LogP contribution < -0.4 is 15.0 Å². The molecule has 2 aromatic carbocycles. The number of halogens is 4. The molecule has 0 unspecified atom stereocenters. The highest BCUT2D eigenvalue weighted by Gasteiger charge is 2.35. The van der Waals surface area contributed by atoms with Crippen molar-refractivity contribution in [1.82, 2.24) is 25.2 Å². The Bertz CT molecular complexity index is 1640. The zero-order chi connectivity index (χ0) is 28.0. The van der Waals surface area contributed by atoms with Crippen molar-refractivity contribution in [3.8, 4) is 17.1 Å². The maximum Gasteiger partial charge on any atom is 0.450 e. The molecule has 0 saturated carbocycles. The molecule has 1 atom stereocenters. The second kappa shape index (κ2) is 10.4. The lowest BCUT2D eigenvalue weighted by molar-refractivity contribution is 0.0156. The van der Waals surface area contributed by atoms with Crippen molar-refractivity contribution in [2.45, 2.75) is 24.8 Å². The Balaban J connectivity index is 1.52. The van der Waals surface area contributed by atoms with Gasteiger partial charge in [-0.15, -0.1) is 0 Å². The first kappa shape index (κ1) is 26.6. The number of likely N-dealkylation sites (tertiary alicyclic amines) is 1. The van der Waals surface area contributed by atoms with Crippen LogP contribution in [0.4, 0.5) is 25.0 Å². The molecular formula is C27H25ClF3N7O2. The van der Waals surface area contributed by atoms with Crippen molar-refractivity contribution in [3.63, 3.8) is 0 Å². The van der Waals surface area contributed by atoms with E-state index in [0.717, 1.165) is 19.4 Å². The van der Waals surface area contributed by atoms with Gasteiger partial charge in [0.05, 0.1) is 18.1 Å². The van der Waals surface area contributed by atoms with Crippen LogP contribution in [0.25, 0.3) is 38.0 Å². The standard InChI is InChI=1S/C27H25ClF3N7O2/c1-32-25-34-22-16(6-3-7-19(22)40-25)20-18(28)11-17-23(21(20)29)35-26(39-12-15-5-4-9-37(15)2)36-24(17)38-10-8-33-13-27(30,31)14-38/h3,6-7,11,15,33H,4-5,8-10,12-14H2,2H3/t15-/m0/s1. The number of hydrogen-bond acceptors (Lipinski definition) is 8. The topological polar surface area (TPSA) is 83.9 Å². The van der Waals surface area contributed by atoms with Gasteiger partial charge in [0.1, 0.15) is 17.9 Å². The normalized spacial score (nSPS) is 19.7. The summed E-state index contributed by atoms with van der Waals surface area (Å²) in [7, 11) is 2.00. The second-order valence-electron chi connectivity index (χ2n) is 10.1. The minimum atomic E-state index is -3.03. The van der Waals surface area contributed by atoms with Crippen molar-refractivity contribution in [1.29, 1.82) is 0 Å². The molecule has 4 heterocycles. The van der Waals surface area contributed by atoms with Gasteiger partial charge in [-0.05, 0) is 44.6 Å². The zero-order valence-electron chi connectivity index (χ0n) is 21.6. The van der Waals surface area contributed by atoms with E-state index < -0.39 is 24.8 Å². The van der Waals surface area contributed by atoms with E-state index in [1.54, 1.807) is 18.2 Å². The summed E-state index contributed by atoms with van der Waals surface area (Å²) in [6.45, 7) is 7.84. The maximum absolute atomic E-state index is 16.5. The maximum atomic E-state index is 16.5. The summed E-state index contributed by atoms with van der Waals surface area (Å²) in [6.07, 6.45) is 1.97. The molecule has 0 aliphatic carbocycles. The Hall–Kier alpha value is -3.66. The minimum Gasteiger partial charge on any atom is -0.462 e. The summed E-state index contributed by atoms with van der Waals surface area (Å²) in [4.78, 5) is 19.9. The van der Waals surface area contributed by atoms with Crippen LogP contribution in [0, 0.1) is 12.4 Å². The Kier molecular flexibility index (Phi) is 6.90. The van der Waals surface area contributed by atoms with E-state index >= 15 is 4.39 Å². The van der Waals surface area contributed by atoms with Gasteiger partial charge >= 0.3 is 12.0 Å². The number of fused-ring (bicyclic) bond motifs is 2. The fourth-order valence-corrected chi connectivity index (χ4v) is 5.63. The van der Waals surface area contributed by atoms with Crippen molar-refractivity contribution in [3.05, 3.63) is 46.5 Å². The lowest BCUT2D eigenvalue weighted by Crippen LogP contribution is -2.39. The van der Waals surface area contributed by atoms with Crippen LogP contribution in [0.1, 0.15) is 12.8 Å². The van der Waals surface area contributed by atoms with Crippen LogP contribution in [0.5, 0.6) is 6.01 Å². The van der Waals surface area contributed by atoms with Crippen LogP contribution in [0.3, 0.4) is 0 Å². The van der Waals surface area contributed by atoms with E-state index in [1.807, 2.05) is 7.05 Å². The van der Waals surface area contributed by atoms with Gasteiger partial charge < -0.3 is 29.1 Å².